The number of carbonyl (C=O) groups is 1. The first-order valence-corrected chi connectivity index (χ1v) is 6.78. The van der Waals surface area contributed by atoms with Crippen LogP contribution < -0.4 is 10.6 Å². The maximum Gasteiger partial charge on any atom is 0.251 e. The first kappa shape index (κ1) is 14.1. The number of benzene rings is 1. The van der Waals surface area contributed by atoms with Gasteiger partial charge in [0.2, 0.25) is 0 Å². The van der Waals surface area contributed by atoms with Crippen molar-refractivity contribution in [1.29, 1.82) is 0 Å². The number of anilines is 1. The second-order valence-electron chi connectivity index (χ2n) is 4.71. The lowest BCUT2D eigenvalue weighted by Gasteiger charge is -2.07. The maximum absolute atomic E-state index is 12.0. The molecule has 0 aliphatic rings. The number of aryl methyl sites for hydroxylation is 1. The van der Waals surface area contributed by atoms with Crippen molar-refractivity contribution >= 4 is 11.6 Å². The summed E-state index contributed by atoms with van der Waals surface area (Å²) in [6.07, 6.45) is 4.71. The van der Waals surface area contributed by atoms with E-state index >= 15 is 0 Å². The third-order valence-corrected chi connectivity index (χ3v) is 2.94. The zero-order valence-corrected chi connectivity index (χ0v) is 11.9. The molecule has 0 bridgehead atoms. The number of nitrogens with zero attached hydrogens (tertiary/aromatic N) is 2. The molecule has 0 aliphatic heterocycles. The Bertz CT molecular complexity index is 560. The minimum atomic E-state index is -0.0732. The van der Waals surface area contributed by atoms with Gasteiger partial charge < -0.3 is 10.6 Å². The van der Waals surface area contributed by atoms with Gasteiger partial charge in [-0.15, -0.1) is 0 Å². The highest BCUT2D eigenvalue weighted by atomic mass is 16.1. The van der Waals surface area contributed by atoms with E-state index in [1.54, 1.807) is 10.9 Å². The second-order valence-corrected chi connectivity index (χ2v) is 4.71. The van der Waals surface area contributed by atoms with Gasteiger partial charge in [0.25, 0.3) is 5.91 Å². The Morgan fingerprint density at radius 3 is 2.65 bits per heavy atom. The number of rotatable bonds is 6. The Labute approximate surface area is 119 Å². The van der Waals surface area contributed by atoms with E-state index in [1.165, 1.54) is 0 Å². The van der Waals surface area contributed by atoms with E-state index < -0.39 is 0 Å². The van der Waals surface area contributed by atoms with Gasteiger partial charge in [0, 0.05) is 43.1 Å². The number of carbonyl (C=O) groups excluding carboxylic acids is 1. The lowest BCUT2D eigenvalue weighted by atomic mass is 10.2. The van der Waals surface area contributed by atoms with Crippen LogP contribution in [0.3, 0.4) is 0 Å². The van der Waals surface area contributed by atoms with E-state index in [0.29, 0.717) is 12.1 Å². The fraction of sp³-hybridized carbons (Fsp3) is 0.333. The van der Waals surface area contributed by atoms with Gasteiger partial charge in [-0.3, -0.25) is 9.48 Å². The number of amides is 1. The zero-order chi connectivity index (χ0) is 14.4. The fourth-order valence-electron chi connectivity index (χ4n) is 1.86. The van der Waals surface area contributed by atoms with Crippen LogP contribution in [0.2, 0.25) is 0 Å². The molecule has 0 unspecified atom stereocenters. The predicted octanol–water partition coefficient (Wildman–Crippen LogP) is 2.17. The summed E-state index contributed by atoms with van der Waals surface area (Å²) in [7, 11) is 1.85. The molecule has 106 valence electrons. The van der Waals surface area contributed by atoms with Crippen LogP contribution in [-0.4, -0.2) is 22.2 Å². The summed E-state index contributed by atoms with van der Waals surface area (Å²) in [6.45, 7) is 3.54. The van der Waals surface area contributed by atoms with Crippen LogP contribution in [-0.2, 0) is 13.6 Å². The van der Waals surface area contributed by atoms with E-state index in [-0.39, 0.29) is 5.91 Å². The Balaban J connectivity index is 1.88. The summed E-state index contributed by atoms with van der Waals surface area (Å²) in [4.78, 5) is 12.0. The minimum Gasteiger partial charge on any atom is -0.385 e. The van der Waals surface area contributed by atoms with Gasteiger partial charge in [-0.2, -0.15) is 5.10 Å². The molecule has 0 spiro atoms. The van der Waals surface area contributed by atoms with Crippen molar-refractivity contribution in [3.63, 3.8) is 0 Å². The van der Waals surface area contributed by atoms with Crippen molar-refractivity contribution in [2.45, 2.75) is 19.9 Å². The molecular weight excluding hydrogens is 252 g/mol. The second kappa shape index (κ2) is 6.75. The lowest BCUT2D eigenvalue weighted by Crippen LogP contribution is -2.22. The van der Waals surface area contributed by atoms with E-state index in [0.717, 1.165) is 24.2 Å². The fourth-order valence-corrected chi connectivity index (χ4v) is 1.86. The maximum atomic E-state index is 12.0. The Kier molecular flexibility index (Phi) is 4.76. The third-order valence-electron chi connectivity index (χ3n) is 2.94. The molecular formula is C15H20N4O. The van der Waals surface area contributed by atoms with Gasteiger partial charge in [-0.25, -0.2) is 0 Å². The standard InChI is InChI=1S/C15H20N4O/c1-3-8-16-14-6-4-13(5-7-14)15(20)17-9-12-10-18-19(2)11-12/h4-7,10-11,16H,3,8-9H2,1-2H3,(H,17,20). The van der Waals surface area contributed by atoms with Crippen molar-refractivity contribution in [2.24, 2.45) is 7.05 Å². The minimum absolute atomic E-state index is 0.0732. The van der Waals surface area contributed by atoms with Crippen molar-refractivity contribution in [1.82, 2.24) is 15.1 Å². The first-order chi connectivity index (χ1) is 9.69. The van der Waals surface area contributed by atoms with E-state index in [1.807, 2.05) is 37.5 Å². The SMILES string of the molecule is CCCNc1ccc(C(=O)NCc2cnn(C)c2)cc1. The van der Waals surface area contributed by atoms with Crippen LogP contribution in [0.4, 0.5) is 5.69 Å². The van der Waals surface area contributed by atoms with Crippen LogP contribution in [0.5, 0.6) is 0 Å². The van der Waals surface area contributed by atoms with Crippen LogP contribution in [0.15, 0.2) is 36.7 Å². The lowest BCUT2D eigenvalue weighted by molar-refractivity contribution is 0.0951. The monoisotopic (exact) mass is 272 g/mol. The Hall–Kier alpha value is -2.30. The third kappa shape index (κ3) is 3.85. The van der Waals surface area contributed by atoms with E-state index in [2.05, 4.69) is 22.7 Å². The highest BCUT2D eigenvalue weighted by molar-refractivity contribution is 5.94. The van der Waals surface area contributed by atoms with Crippen molar-refractivity contribution in [2.75, 3.05) is 11.9 Å². The van der Waals surface area contributed by atoms with Crippen LogP contribution >= 0.6 is 0 Å². The summed E-state index contributed by atoms with van der Waals surface area (Å²) in [5.41, 5.74) is 2.69. The van der Waals surface area contributed by atoms with Crippen molar-refractivity contribution < 1.29 is 4.79 Å². The summed E-state index contributed by atoms with van der Waals surface area (Å²) < 4.78 is 1.72. The Morgan fingerprint density at radius 2 is 2.05 bits per heavy atom. The van der Waals surface area contributed by atoms with Gasteiger partial charge in [-0.1, -0.05) is 6.92 Å². The zero-order valence-electron chi connectivity index (χ0n) is 11.9. The van der Waals surface area contributed by atoms with E-state index in [4.69, 9.17) is 0 Å². The van der Waals surface area contributed by atoms with Crippen LogP contribution in [0.25, 0.3) is 0 Å². The summed E-state index contributed by atoms with van der Waals surface area (Å²) in [6, 6.07) is 7.51. The molecule has 1 aromatic carbocycles. The number of hydrogen-bond acceptors (Lipinski definition) is 3. The molecule has 2 rings (SSSR count). The molecule has 0 aliphatic carbocycles. The molecule has 20 heavy (non-hydrogen) atoms. The first-order valence-electron chi connectivity index (χ1n) is 6.78. The number of aromatic nitrogens is 2. The number of nitrogens with one attached hydrogen (secondary N) is 2. The van der Waals surface area contributed by atoms with Gasteiger partial charge in [0.05, 0.1) is 6.20 Å². The van der Waals surface area contributed by atoms with Gasteiger partial charge >= 0.3 is 0 Å². The highest BCUT2D eigenvalue weighted by Gasteiger charge is 2.05. The highest BCUT2D eigenvalue weighted by Crippen LogP contribution is 2.09. The molecule has 2 aromatic rings. The molecule has 0 radical (unpaired) electrons. The molecule has 0 saturated heterocycles. The smallest absolute Gasteiger partial charge is 0.251 e. The number of hydrogen-bond donors (Lipinski definition) is 2. The average Bonchev–Trinajstić information content (AvgIpc) is 2.89. The molecule has 2 N–H and O–H groups in total. The largest absolute Gasteiger partial charge is 0.385 e. The molecule has 0 atom stereocenters. The topological polar surface area (TPSA) is 59.0 Å². The summed E-state index contributed by atoms with van der Waals surface area (Å²) >= 11 is 0. The van der Waals surface area contributed by atoms with Gasteiger partial charge in [0.15, 0.2) is 0 Å². The normalized spacial score (nSPS) is 10.3. The molecule has 1 amide bonds. The predicted molar refractivity (Wildman–Crippen MR) is 79.6 cm³/mol. The average molecular weight is 272 g/mol. The van der Waals surface area contributed by atoms with Gasteiger partial charge in [-0.05, 0) is 30.7 Å². The summed E-state index contributed by atoms with van der Waals surface area (Å²) in [5.74, 6) is -0.0732. The van der Waals surface area contributed by atoms with Crippen molar-refractivity contribution in [3.05, 3.63) is 47.8 Å². The molecule has 5 nitrogen and oxygen atoms in total. The molecule has 0 saturated carbocycles. The molecule has 5 heteroatoms. The van der Waals surface area contributed by atoms with Crippen LogP contribution in [0.1, 0.15) is 29.3 Å². The Morgan fingerprint density at radius 1 is 1.30 bits per heavy atom. The molecule has 0 fully saturated rings. The van der Waals surface area contributed by atoms with Crippen molar-refractivity contribution in [3.8, 4) is 0 Å². The molecule has 1 aromatic heterocycles. The quantitative estimate of drug-likeness (QED) is 0.847. The van der Waals surface area contributed by atoms with Gasteiger partial charge in [0.1, 0.15) is 0 Å². The van der Waals surface area contributed by atoms with Crippen LogP contribution in [0, 0.1) is 0 Å². The molecule has 1 heterocycles. The summed E-state index contributed by atoms with van der Waals surface area (Å²) in [5, 5.41) is 10.2. The van der Waals surface area contributed by atoms with E-state index in [9.17, 15) is 4.79 Å².